The highest BCUT2D eigenvalue weighted by molar-refractivity contribution is 6.76. The maximum atomic E-state index is 5.53. The van der Waals surface area contributed by atoms with Crippen LogP contribution >= 0.6 is 0 Å². The highest BCUT2D eigenvalue weighted by Crippen LogP contribution is 2.07. The first kappa shape index (κ1) is 13.1. The van der Waals surface area contributed by atoms with Gasteiger partial charge in [0, 0.05) is 21.3 Å². The van der Waals surface area contributed by atoms with Gasteiger partial charge >= 0.3 is 0 Å². The molecule has 0 radical (unpaired) electrons. The number of hydrogen-bond acceptors (Lipinski definition) is 2. The van der Waals surface area contributed by atoms with E-state index >= 15 is 0 Å². The van der Waals surface area contributed by atoms with E-state index in [4.69, 9.17) is 9.47 Å². The molecule has 3 heteroatoms. The molecule has 0 aromatic carbocycles. The quantitative estimate of drug-likeness (QED) is 0.469. The maximum Gasteiger partial charge on any atom is 0.0780 e. The Morgan fingerprint density at radius 3 is 2.31 bits per heavy atom. The van der Waals surface area contributed by atoms with Gasteiger partial charge in [0.05, 0.1) is 12.7 Å². The monoisotopic (exact) mass is 204 g/mol. The van der Waals surface area contributed by atoms with Gasteiger partial charge in [-0.2, -0.15) is 0 Å². The maximum absolute atomic E-state index is 5.53. The van der Waals surface area contributed by atoms with E-state index in [2.05, 4.69) is 26.6 Å². The van der Waals surface area contributed by atoms with Crippen LogP contribution in [0, 0.1) is 0 Å². The Morgan fingerprint density at radius 1 is 1.23 bits per heavy atom. The Labute approximate surface area is 83.6 Å². The van der Waals surface area contributed by atoms with Crippen LogP contribution in [-0.2, 0) is 9.47 Å². The molecule has 0 rings (SSSR count). The first-order chi connectivity index (χ1) is 5.95. The van der Waals surface area contributed by atoms with Gasteiger partial charge in [0.1, 0.15) is 0 Å². The largest absolute Gasteiger partial charge is 0.379 e. The summed E-state index contributed by atoms with van der Waals surface area (Å²) < 4.78 is 10.9. The molecule has 0 aromatic heterocycles. The summed E-state index contributed by atoms with van der Waals surface area (Å²) in [6, 6.07) is 1.24. The molecular formula is C10H24O2Si. The van der Waals surface area contributed by atoms with Crippen molar-refractivity contribution in [2.24, 2.45) is 0 Å². The van der Waals surface area contributed by atoms with E-state index in [1.807, 2.05) is 6.92 Å². The first-order valence-corrected chi connectivity index (χ1v) is 8.86. The van der Waals surface area contributed by atoms with E-state index < -0.39 is 8.07 Å². The van der Waals surface area contributed by atoms with Crippen LogP contribution in [0.3, 0.4) is 0 Å². The molecular weight excluding hydrogens is 180 g/mol. The van der Waals surface area contributed by atoms with Crippen molar-refractivity contribution in [3.63, 3.8) is 0 Å². The fourth-order valence-electron chi connectivity index (χ4n) is 0.960. The summed E-state index contributed by atoms with van der Waals surface area (Å²) in [5.41, 5.74) is 0. The molecule has 13 heavy (non-hydrogen) atoms. The second-order valence-electron chi connectivity index (χ2n) is 4.65. The normalized spacial score (nSPS) is 14.5. The average Bonchev–Trinajstić information content (AvgIpc) is 1.97. The minimum Gasteiger partial charge on any atom is -0.379 e. The molecule has 0 bridgehead atoms. The number of hydrogen-bond donors (Lipinski definition) is 0. The smallest absolute Gasteiger partial charge is 0.0780 e. The van der Waals surface area contributed by atoms with E-state index in [9.17, 15) is 0 Å². The van der Waals surface area contributed by atoms with E-state index in [0.29, 0.717) is 0 Å². The van der Waals surface area contributed by atoms with Crippen LogP contribution in [0.5, 0.6) is 0 Å². The van der Waals surface area contributed by atoms with Crippen molar-refractivity contribution < 1.29 is 9.47 Å². The third-order valence-electron chi connectivity index (χ3n) is 1.80. The summed E-state index contributed by atoms with van der Waals surface area (Å²) in [7, 11) is -0.914. The summed E-state index contributed by atoms with van der Waals surface area (Å²) >= 11 is 0. The molecule has 0 saturated heterocycles. The van der Waals surface area contributed by atoms with Crippen molar-refractivity contribution >= 4 is 8.07 Å². The summed E-state index contributed by atoms with van der Waals surface area (Å²) in [5.74, 6) is 0. The Morgan fingerprint density at radius 2 is 1.85 bits per heavy atom. The van der Waals surface area contributed by atoms with Crippen molar-refractivity contribution in [1.29, 1.82) is 0 Å². The van der Waals surface area contributed by atoms with Crippen molar-refractivity contribution in [3.05, 3.63) is 0 Å². The molecule has 0 amide bonds. The predicted octanol–water partition coefficient (Wildman–Crippen LogP) is 2.77. The summed E-state index contributed by atoms with van der Waals surface area (Å²) in [4.78, 5) is 0. The fourth-order valence-corrected chi connectivity index (χ4v) is 1.72. The molecule has 1 unspecified atom stereocenters. The number of ether oxygens (including phenoxy) is 2. The van der Waals surface area contributed by atoms with Gasteiger partial charge in [-0.15, -0.1) is 0 Å². The third-order valence-corrected chi connectivity index (χ3v) is 3.50. The van der Waals surface area contributed by atoms with Crippen LogP contribution in [0.4, 0.5) is 0 Å². The lowest BCUT2D eigenvalue weighted by Crippen LogP contribution is -2.23. The van der Waals surface area contributed by atoms with Crippen LogP contribution < -0.4 is 0 Å². The lowest BCUT2D eigenvalue weighted by Gasteiger charge is -2.17. The lowest BCUT2D eigenvalue weighted by molar-refractivity contribution is 0.00198. The second-order valence-corrected chi connectivity index (χ2v) is 10.3. The SMILES string of the molecule is CCOC(C)COCC[Si](C)(C)C. The van der Waals surface area contributed by atoms with Gasteiger partial charge in [-0.1, -0.05) is 19.6 Å². The minimum atomic E-state index is -0.914. The van der Waals surface area contributed by atoms with E-state index in [-0.39, 0.29) is 6.10 Å². The van der Waals surface area contributed by atoms with Crippen LogP contribution in [0.1, 0.15) is 13.8 Å². The molecule has 0 aromatic rings. The molecule has 0 aliphatic rings. The zero-order valence-electron chi connectivity index (χ0n) is 9.72. The van der Waals surface area contributed by atoms with Gasteiger partial charge in [-0.25, -0.2) is 0 Å². The van der Waals surface area contributed by atoms with E-state index in [1.54, 1.807) is 0 Å². The standard InChI is InChI=1S/C10H24O2Si/c1-6-12-10(2)9-11-7-8-13(3,4)5/h10H,6-9H2,1-5H3. The summed E-state index contributed by atoms with van der Waals surface area (Å²) in [6.07, 6.45) is 0.242. The molecule has 80 valence electrons. The topological polar surface area (TPSA) is 18.5 Å². The van der Waals surface area contributed by atoms with E-state index in [1.165, 1.54) is 6.04 Å². The van der Waals surface area contributed by atoms with Gasteiger partial charge in [0.25, 0.3) is 0 Å². The highest BCUT2D eigenvalue weighted by Gasteiger charge is 2.12. The van der Waals surface area contributed by atoms with Gasteiger partial charge in [0.2, 0.25) is 0 Å². The molecule has 0 heterocycles. The van der Waals surface area contributed by atoms with Crippen LogP contribution in [0.25, 0.3) is 0 Å². The highest BCUT2D eigenvalue weighted by atomic mass is 28.3. The third kappa shape index (κ3) is 10.1. The Balaban J connectivity index is 3.25. The minimum absolute atomic E-state index is 0.242. The van der Waals surface area contributed by atoms with Gasteiger partial charge in [-0.05, 0) is 19.9 Å². The Bertz CT molecular complexity index is 121. The van der Waals surface area contributed by atoms with E-state index in [0.717, 1.165) is 19.8 Å². The molecule has 1 atom stereocenters. The molecule has 0 saturated carbocycles. The van der Waals surface area contributed by atoms with Gasteiger partial charge < -0.3 is 9.47 Å². The van der Waals surface area contributed by atoms with Crippen molar-refractivity contribution in [2.45, 2.75) is 45.6 Å². The summed E-state index contributed by atoms with van der Waals surface area (Å²) in [5, 5.41) is 0. The predicted molar refractivity (Wildman–Crippen MR) is 60.1 cm³/mol. The van der Waals surface area contributed by atoms with Crippen LogP contribution in [-0.4, -0.2) is 34.0 Å². The zero-order chi connectivity index (χ0) is 10.3. The molecule has 0 spiro atoms. The second kappa shape index (κ2) is 6.57. The van der Waals surface area contributed by atoms with Crippen molar-refractivity contribution in [3.8, 4) is 0 Å². The van der Waals surface area contributed by atoms with Crippen molar-refractivity contribution in [1.82, 2.24) is 0 Å². The van der Waals surface area contributed by atoms with Crippen LogP contribution in [0.2, 0.25) is 25.7 Å². The molecule has 0 N–H and O–H groups in total. The number of rotatable bonds is 7. The fraction of sp³-hybridized carbons (Fsp3) is 1.00. The summed E-state index contributed by atoms with van der Waals surface area (Å²) in [6.45, 7) is 13.6. The zero-order valence-corrected chi connectivity index (χ0v) is 10.7. The molecule has 0 aliphatic heterocycles. The van der Waals surface area contributed by atoms with Crippen LogP contribution in [0.15, 0.2) is 0 Å². The van der Waals surface area contributed by atoms with Gasteiger partial charge in [0.15, 0.2) is 0 Å². The average molecular weight is 204 g/mol. The lowest BCUT2D eigenvalue weighted by atomic mass is 10.4. The Hall–Kier alpha value is 0.137. The van der Waals surface area contributed by atoms with Crippen molar-refractivity contribution in [2.75, 3.05) is 19.8 Å². The first-order valence-electron chi connectivity index (χ1n) is 5.15. The Kier molecular flexibility index (Phi) is 6.64. The molecule has 0 fully saturated rings. The molecule has 2 nitrogen and oxygen atoms in total. The van der Waals surface area contributed by atoms with Gasteiger partial charge in [-0.3, -0.25) is 0 Å². The molecule has 0 aliphatic carbocycles.